The lowest BCUT2D eigenvalue weighted by atomic mass is 9.91. The minimum absolute atomic E-state index is 0.184. The fraction of sp³-hybridized carbons (Fsp3) is 0.643. The van der Waals surface area contributed by atoms with Crippen LogP contribution in [0, 0.1) is 11.8 Å². The number of aromatic nitrogens is 1. The van der Waals surface area contributed by atoms with Crippen LogP contribution >= 0.6 is 0 Å². The molecule has 1 fully saturated rings. The lowest BCUT2D eigenvalue weighted by molar-refractivity contribution is 0.354. The van der Waals surface area contributed by atoms with Crippen molar-refractivity contribution in [2.24, 2.45) is 17.7 Å². The summed E-state index contributed by atoms with van der Waals surface area (Å²) in [6.07, 6.45) is 8.68. The SMILES string of the molecule is CCC1CCC(C(NN)c2cncc(OC)c2)C1. The van der Waals surface area contributed by atoms with Crippen LogP contribution in [-0.2, 0) is 0 Å². The van der Waals surface area contributed by atoms with Gasteiger partial charge in [-0.25, -0.2) is 0 Å². The minimum Gasteiger partial charge on any atom is -0.495 e. The normalized spacial score (nSPS) is 25.1. The average Bonchev–Trinajstić information content (AvgIpc) is 2.88. The summed E-state index contributed by atoms with van der Waals surface area (Å²) in [6, 6.07) is 2.21. The van der Waals surface area contributed by atoms with Crippen molar-refractivity contribution in [1.82, 2.24) is 10.4 Å². The zero-order valence-electron chi connectivity index (χ0n) is 11.2. The molecule has 100 valence electrons. The Balaban J connectivity index is 2.12. The molecule has 0 radical (unpaired) electrons. The quantitative estimate of drug-likeness (QED) is 0.621. The molecule has 0 saturated heterocycles. The van der Waals surface area contributed by atoms with Crippen molar-refractivity contribution in [3.05, 3.63) is 24.0 Å². The maximum Gasteiger partial charge on any atom is 0.137 e. The summed E-state index contributed by atoms with van der Waals surface area (Å²) in [6.45, 7) is 2.27. The number of rotatable bonds is 5. The number of hydrogen-bond acceptors (Lipinski definition) is 4. The molecule has 1 aromatic heterocycles. The lowest BCUT2D eigenvalue weighted by Crippen LogP contribution is -2.32. The van der Waals surface area contributed by atoms with Gasteiger partial charge < -0.3 is 4.74 Å². The molecule has 0 bridgehead atoms. The van der Waals surface area contributed by atoms with Crippen LogP contribution in [0.25, 0.3) is 0 Å². The molecule has 1 aliphatic carbocycles. The molecular weight excluding hydrogens is 226 g/mol. The van der Waals surface area contributed by atoms with Gasteiger partial charge in [-0.2, -0.15) is 0 Å². The molecule has 1 aromatic rings. The number of nitrogens with zero attached hydrogens (tertiary/aromatic N) is 1. The van der Waals surface area contributed by atoms with Crippen molar-refractivity contribution >= 4 is 0 Å². The highest BCUT2D eigenvalue weighted by Gasteiger charge is 2.30. The van der Waals surface area contributed by atoms with Crippen molar-refractivity contribution < 1.29 is 4.74 Å². The number of ether oxygens (including phenoxy) is 1. The Morgan fingerprint density at radius 2 is 2.33 bits per heavy atom. The fourth-order valence-corrected chi connectivity index (χ4v) is 3.01. The summed E-state index contributed by atoms with van der Waals surface area (Å²) in [5, 5.41) is 0. The van der Waals surface area contributed by atoms with E-state index in [4.69, 9.17) is 10.6 Å². The predicted molar refractivity (Wildman–Crippen MR) is 72.0 cm³/mol. The van der Waals surface area contributed by atoms with Crippen LogP contribution < -0.4 is 16.0 Å². The smallest absolute Gasteiger partial charge is 0.137 e. The van der Waals surface area contributed by atoms with Gasteiger partial charge in [0.1, 0.15) is 5.75 Å². The van der Waals surface area contributed by atoms with E-state index in [1.165, 1.54) is 25.7 Å². The zero-order valence-corrected chi connectivity index (χ0v) is 11.2. The monoisotopic (exact) mass is 249 g/mol. The zero-order chi connectivity index (χ0) is 13.0. The third-order valence-corrected chi connectivity index (χ3v) is 4.14. The molecule has 0 aromatic carbocycles. The van der Waals surface area contributed by atoms with E-state index in [-0.39, 0.29) is 6.04 Å². The molecule has 1 saturated carbocycles. The van der Waals surface area contributed by atoms with Gasteiger partial charge in [0.2, 0.25) is 0 Å². The standard InChI is InChI=1S/C14H23N3O/c1-3-10-4-5-11(6-10)14(17-15)12-7-13(18-2)9-16-8-12/h7-11,14,17H,3-6,15H2,1-2H3. The molecule has 3 atom stereocenters. The first kappa shape index (κ1) is 13.3. The van der Waals surface area contributed by atoms with Crippen molar-refractivity contribution in [2.75, 3.05) is 7.11 Å². The van der Waals surface area contributed by atoms with E-state index in [1.807, 2.05) is 12.3 Å². The Morgan fingerprint density at radius 3 is 2.94 bits per heavy atom. The molecule has 3 unspecified atom stereocenters. The third-order valence-electron chi connectivity index (χ3n) is 4.14. The van der Waals surface area contributed by atoms with E-state index in [9.17, 15) is 0 Å². The van der Waals surface area contributed by atoms with Crippen LogP contribution in [0.3, 0.4) is 0 Å². The second-order valence-corrected chi connectivity index (χ2v) is 5.15. The van der Waals surface area contributed by atoms with Gasteiger partial charge in [0.25, 0.3) is 0 Å². The van der Waals surface area contributed by atoms with Gasteiger partial charge >= 0.3 is 0 Å². The summed E-state index contributed by atoms with van der Waals surface area (Å²) in [7, 11) is 1.66. The Hall–Kier alpha value is -1.13. The van der Waals surface area contributed by atoms with E-state index in [0.717, 1.165) is 17.2 Å². The number of methoxy groups -OCH3 is 1. The molecule has 3 N–H and O–H groups in total. The van der Waals surface area contributed by atoms with Gasteiger partial charge in [0, 0.05) is 6.20 Å². The predicted octanol–water partition coefficient (Wildman–Crippen LogP) is 2.42. The topological polar surface area (TPSA) is 60.2 Å². The largest absolute Gasteiger partial charge is 0.495 e. The highest BCUT2D eigenvalue weighted by molar-refractivity contribution is 5.26. The number of hydrazine groups is 1. The summed E-state index contributed by atoms with van der Waals surface area (Å²) in [5.74, 6) is 7.99. The highest BCUT2D eigenvalue weighted by atomic mass is 16.5. The molecule has 4 heteroatoms. The molecular formula is C14H23N3O. The number of hydrogen-bond donors (Lipinski definition) is 2. The van der Waals surface area contributed by atoms with Crippen molar-refractivity contribution in [3.63, 3.8) is 0 Å². The van der Waals surface area contributed by atoms with Gasteiger partial charge in [0.05, 0.1) is 19.3 Å². The van der Waals surface area contributed by atoms with E-state index >= 15 is 0 Å². The Morgan fingerprint density at radius 1 is 1.50 bits per heavy atom. The molecule has 18 heavy (non-hydrogen) atoms. The van der Waals surface area contributed by atoms with E-state index < -0.39 is 0 Å². The van der Waals surface area contributed by atoms with Crippen molar-refractivity contribution in [1.29, 1.82) is 0 Å². The van der Waals surface area contributed by atoms with Crippen LogP contribution in [0.1, 0.15) is 44.2 Å². The van der Waals surface area contributed by atoms with Crippen LogP contribution in [0.4, 0.5) is 0 Å². The molecule has 1 aliphatic rings. The van der Waals surface area contributed by atoms with Crippen LogP contribution in [0.5, 0.6) is 5.75 Å². The molecule has 0 amide bonds. The van der Waals surface area contributed by atoms with Crippen LogP contribution in [-0.4, -0.2) is 12.1 Å². The van der Waals surface area contributed by atoms with Crippen molar-refractivity contribution in [3.8, 4) is 5.75 Å². The molecule has 0 aliphatic heterocycles. The van der Waals surface area contributed by atoms with Crippen molar-refractivity contribution in [2.45, 2.75) is 38.6 Å². The van der Waals surface area contributed by atoms with Gasteiger partial charge in [-0.1, -0.05) is 19.8 Å². The summed E-state index contributed by atoms with van der Waals surface area (Å²) >= 11 is 0. The summed E-state index contributed by atoms with van der Waals surface area (Å²) in [4.78, 5) is 4.21. The van der Waals surface area contributed by atoms with E-state index in [2.05, 4.69) is 17.3 Å². The highest BCUT2D eigenvalue weighted by Crippen LogP contribution is 2.40. The molecule has 2 rings (SSSR count). The number of pyridine rings is 1. The summed E-state index contributed by atoms with van der Waals surface area (Å²) in [5.41, 5.74) is 4.08. The molecule has 1 heterocycles. The van der Waals surface area contributed by atoms with E-state index in [0.29, 0.717) is 5.92 Å². The Bertz CT molecular complexity index is 383. The number of nitrogens with two attached hydrogens (primary N) is 1. The minimum atomic E-state index is 0.184. The van der Waals surface area contributed by atoms with Crippen LogP contribution in [0.15, 0.2) is 18.5 Å². The molecule has 0 spiro atoms. The lowest BCUT2D eigenvalue weighted by Gasteiger charge is -2.23. The third kappa shape index (κ3) is 2.82. The first-order chi connectivity index (χ1) is 8.78. The first-order valence-electron chi connectivity index (χ1n) is 6.73. The van der Waals surface area contributed by atoms with Gasteiger partial charge in [-0.3, -0.25) is 16.3 Å². The first-order valence-corrected chi connectivity index (χ1v) is 6.73. The average molecular weight is 249 g/mol. The van der Waals surface area contributed by atoms with E-state index in [1.54, 1.807) is 13.3 Å². The van der Waals surface area contributed by atoms with Gasteiger partial charge in [0.15, 0.2) is 0 Å². The van der Waals surface area contributed by atoms with Crippen LogP contribution in [0.2, 0.25) is 0 Å². The molecule has 4 nitrogen and oxygen atoms in total. The second-order valence-electron chi connectivity index (χ2n) is 5.15. The second kappa shape index (κ2) is 6.16. The Kier molecular flexibility index (Phi) is 4.55. The van der Waals surface area contributed by atoms with Gasteiger partial charge in [-0.05, 0) is 36.3 Å². The maximum atomic E-state index is 5.74. The maximum absolute atomic E-state index is 5.74. The Labute approximate surface area is 109 Å². The van der Waals surface area contributed by atoms with Gasteiger partial charge in [-0.15, -0.1) is 0 Å². The fourth-order valence-electron chi connectivity index (χ4n) is 3.01. The summed E-state index contributed by atoms with van der Waals surface area (Å²) < 4.78 is 5.22. The number of nitrogens with one attached hydrogen (secondary N) is 1.